The molecular weight excluding hydrogens is 314 g/mol. The third-order valence-electron chi connectivity index (χ3n) is 3.85. The first-order valence-electron chi connectivity index (χ1n) is 7.46. The lowest BCUT2D eigenvalue weighted by molar-refractivity contribution is 0.215. The van der Waals surface area contributed by atoms with Gasteiger partial charge in [-0.1, -0.05) is 11.6 Å². The monoisotopic (exact) mass is 329 g/mol. The molecule has 1 aliphatic rings. The van der Waals surface area contributed by atoms with Gasteiger partial charge in [0, 0.05) is 19.3 Å². The van der Waals surface area contributed by atoms with E-state index in [2.05, 4.69) is 25.9 Å². The first kappa shape index (κ1) is 15.5. The van der Waals surface area contributed by atoms with E-state index in [0.717, 1.165) is 25.9 Å². The van der Waals surface area contributed by atoms with Crippen LogP contribution in [0.4, 0.5) is 5.95 Å². The third kappa shape index (κ3) is 3.88. The number of nitrogens with zero attached hydrogens (tertiary/aromatic N) is 5. The van der Waals surface area contributed by atoms with Crippen LogP contribution in [-0.4, -0.2) is 34.6 Å². The summed E-state index contributed by atoms with van der Waals surface area (Å²) < 4.78 is 5.72. The molecule has 2 aromatic heterocycles. The standard InChI is InChI=1S/C16H16ClN5O/c17-14-9-20-16(21-10-14)22-6-3-12(4-7-22)11-23-15-13(8-18)2-1-5-19-15/h1-2,5,9-10,12H,3-4,6-7,11H2. The molecule has 0 unspecified atom stereocenters. The molecule has 0 radical (unpaired) electrons. The average Bonchev–Trinajstić information content (AvgIpc) is 2.61. The van der Waals surface area contributed by atoms with E-state index < -0.39 is 0 Å². The normalized spacial score (nSPS) is 15.2. The summed E-state index contributed by atoms with van der Waals surface area (Å²) in [6, 6.07) is 5.54. The number of hydrogen-bond donors (Lipinski definition) is 0. The van der Waals surface area contributed by atoms with E-state index in [-0.39, 0.29) is 0 Å². The van der Waals surface area contributed by atoms with Gasteiger partial charge in [-0.2, -0.15) is 5.26 Å². The zero-order valence-corrected chi connectivity index (χ0v) is 13.3. The van der Waals surface area contributed by atoms with Gasteiger partial charge in [0.1, 0.15) is 11.6 Å². The van der Waals surface area contributed by atoms with Gasteiger partial charge in [0.05, 0.1) is 24.0 Å². The van der Waals surface area contributed by atoms with Crippen molar-refractivity contribution in [3.05, 3.63) is 41.3 Å². The smallest absolute Gasteiger partial charge is 0.231 e. The van der Waals surface area contributed by atoms with Crippen molar-refractivity contribution < 1.29 is 4.74 Å². The predicted octanol–water partition coefficient (Wildman–Crippen LogP) is 2.69. The fourth-order valence-electron chi connectivity index (χ4n) is 2.56. The second kappa shape index (κ2) is 7.25. The summed E-state index contributed by atoms with van der Waals surface area (Å²) in [5.74, 6) is 1.57. The number of aromatic nitrogens is 3. The molecule has 7 heteroatoms. The van der Waals surface area contributed by atoms with E-state index in [1.54, 1.807) is 30.7 Å². The van der Waals surface area contributed by atoms with Crippen LogP contribution in [0.25, 0.3) is 0 Å². The Morgan fingerprint density at radius 1 is 1.26 bits per heavy atom. The Balaban J connectivity index is 1.51. The maximum atomic E-state index is 9.04. The molecule has 118 valence electrons. The summed E-state index contributed by atoms with van der Waals surface area (Å²) in [6.45, 7) is 2.33. The highest BCUT2D eigenvalue weighted by molar-refractivity contribution is 6.30. The minimum Gasteiger partial charge on any atom is -0.476 e. The number of rotatable bonds is 4. The topological polar surface area (TPSA) is 74.9 Å². The molecule has 23 heavy (non-hydrogen) atoms. The third-order valence-corrected chi connectivity index (χ3v) is 4.05. The van der Waals surface area contributed by atoms with Gasteiger partial charge in [-0.3, -0.25) is 0 Å². The zero-order valence-electron chi connectivity index (χ0n) is 12.5. The van der Waals surface area contributed by atoms with E-state index >= 15 is 0 Å². The molecule has 3 rings (SSSR count). The van der Waals surface area contributed by atoms with Crippen molar-refractivity contribution >= 4 is 17.5 Å². The van der Waals surface area contributed by atoms with E-state index in [4.69, 9.17) is 21.6 Å². The molecule has 1 saturated heterocycles. The Kier molecular flexibility index (Phi) is 4.89. The van der Waals surface area contributed by atoms with Crippen molar-refractivity contribution in [1.82, 2.24) is 15.0 Å². The van der Waals surface area contributed by atoms with Gasteiger partial charge in [0.15, 0.2) is 0 Å². The van der Waals surface area contributed by atoms with Crippen LogP contribution < -0.4 is 9.64 Å². The Bertz CT molecular complexity index is 692. The summed E-state index contributed by atoms with van der Waals surface area (Å²) >= 11 is 5.81. The van der Waals surface area contributed by atoms with Gasteiger partial charge in [-0.25, -0.2) is 15.0 Å². The van der Waals surface area contributed by atoms with Gasteiger partial charge in [0.25, 0.3) is 0 Å². The van der Waals surface area contributed by atoms with E-state index in [0.29, 0.717) is 34.9 Å². The summed E-state index contributed by atoms with van der Waals surface area (Å²) in [7, 11) is 0. The highest BCUT2D eigenvalue weighted by Crippen LogP contribution is 2.22. The van der Waals surface area contributed by atoms with Crippen LogP contribution in [0, 0.1) is 17.2 Å². The maximum absolute atomic E-state index is 9.04. The number of ether oxygens (including phenoxy) is 1. The number of piperidine rings is 1. The fourth-order valence-corrected chi connectivity index (χ4v) is 2.65. The van der Waals surface area contributed by atoms with E-state index in [9.17, 15) is 0 Å². The Morgan fingerprint density at radius 3 is 2.70 bits per heavy atom. The largest absolute Gasteiger partial charge is 0.476 e. The van der Waals surface area contributed by atoms with Crippen molar-refractivity contribution in [3.8, 4) is 11.9 Å². The molecule has 2 aromatic rings. The summed E-state index contributed by atoms with van der Waals surface area (Å²) in [6.07, 6.45) is 6.84. The fraction of sp³-hybridized carbons (Fsp3) is 0.375. The molecule has 0 N–H and O–H groups in total. The maximum Gasteiger partial charge on any atom is 0.231 e. The van der Waals surface area contributed by atoms with Crippen LogP contribution in [-0.2, 0) is 0 Å². The van der Waals surface area contributed by atoms with Gasteiger partial charge in [-0.05, 0) is 30.9 Å². The second-order valence-corrected chi connectivity index (χ2v) is 5.85. The van der Waals surface area contributed by atoms with Crippen LogP contribution in [0.2, 0.25) is 5.02 Å². The van der Waals surface area contributed by atoms with Crippen LogP contribution in [0.3, 0.4) is 0 Å². The molecule has 0 amide bonds. The van der Waals surface area contributed by atoms with Crippen molar-refractivity contribution in [2.75, 3.05) is 24.6 Å². The van der Waals surface area contributed by atoms with Crippen LogP contribution >= 0.6 is 11.6 Å². The zero-order chi connectivity index (χ0) is 16.1. The lowest BCUT2D eigenvalue weighted by Gasteiger charge is -2.31. The predicted molar refractivity (Wildman–Crippen MR) is 86.4 cm³/mol. The molecule has 1 fully saturated rings. The first-order valence-corrected chi connectivity index (χ1v) is 7.84. The van der Waals surface area contributed by atoms with Gasteiger partial charge in [0.2, 0.25) is 11.8 Å². The average molecular weight is 330 g/mol. The molecule has 1 aliphatic heterocycles. The number of hydrogen-bond acceptors (Lipinski definition) is 6. The van der Waals surface area contributed by atoms with Gasteiger partial charge in [-0.15, -0.1) is 0 Å². The molecular formula is C16H16ClN5O. The van der Waals surface area contributed by atoms with Crippen LogP contribution in [0.15, 0.2) is 30.7 Å². The minimum atomic E-state index is 0.415. The first-order chi connectivity index (χ1) is 11.3. The van der Waals surface area contributed by atoms with E-state index in [1.165, 1.54) is 0 Å². The number of anilines is 1. The van der Waals surface area contributed by atoms with Crippen molar-refractivity contribution in [2.45, 2.75) is 12.8 Å². The number of halogens is 1. The quantitative estimate of drug-likeness (QED) is 0.858. The lowest BCUT2D eigenvalue weighted by Crippen LogP contribution is -2.36. The van der Waals surface area contributed by atoms with Crippen LogP contribution in [0.5, 0.6) is 5.88 Å². The second-order valence-electron chi connectivity index (χ2n) is 5.41. The highest BCUT2D eigenvalue weighted by atomic mass is 35.5. The molecule has 0 saturated carbocycles. The SMILES string of the molecule is N#Cc1cccnc1OCC1CCN(c2ncc(Cl)cn2)CC1. The molecule has 3 heterocycles. The number of pyridine rings is 1. The summed E-state index contributed by atoms with van der Waals surface area (Å²) in [5.41, 5.74) is 0.472. The Hall–Kier alpha value is -2.39. The van der Waals surface area contributed by atoms with Crippen molar-refractivity contribution in [1.29, 1.82) is 5.26 Å². The molecule has 0 aliphatic carbocycles. The molecule has 0 aromatic carbocycles. The molecule has 6 nitrogen and oxygen atoms in total. The van der Waals surface area contributed by atoms with Crippen LogP contribution in [0.1, 0.15) is 18.4 Å². The molecule has 0 bridgehead atoms. The summed E-state index contributed by atoms with van der Waals surface area (Å²) in [5, 5.41) is 9.58. The van der Waals surface area contributed by atoms with Gasteiger partial charge >= 0.3 is 0 Å². The highest BCUT2D eigenvalue weighted by Gasteiger charge is 2.22. The van der Waals surface area contributed by atoms with Crippen molar-refractivity contribution in [3.63, 3.8) is 0 Å². The number of nitriles is 1. The molecule has 0 atom stereocenters. The summed E-state index contributed by atoms with van der Waals surface area (Å²) in [4.78, 5) is 14.8. The Morgan fingerprint density at radius 2 is 2.00 bits per heavy atom. The lowest BCUT2D eigenvalue weighted by atomic mass is 9.98. The molecule has 0 spiro atoms. The van der Waals surface area contributed by atoms with Gasteiger partial charge < -0.3 is 9.64 Å². The minimum absolute atomic E-state index is 0.415. The van der Waals surface area contributed by atoms with Crippen molar-refractivity contribution in [2.24, 2.45) is 5.92 Å². The van der Waals surface area contributed by atoms with E-state index in [1.807, 2.05) is 0 Å². The Labute approximate surface area is 139 Å².